The average molecular weight is 269 g/mol. The predicted octanol–water partition coefficient (Wildman–Crippen LogP) is 3.64. The highest BCUT2D eigenvalue weighted by Crippen LogP contribution is 2.36. The van der Waals surface area contributed by atoms with Gasteiger partial charge in [-0.05, 0) is 50.1 Å². The Hall–Kier alpha value is -0.570. The summed E-state index contributed by atoms with van der Waals surface area (Å²) < 4.78 is 0. The first kappa shape index (κ1) is 16.5. The van der Waals surface area contributed by atoms with Crippen molar-refractivity contribution in [3.8, 4) is 0 Å². The van der Waals surface area contributed by atoms with Crippen molar-refractivity contribution in [1.29, 1.82) is 0 Å². The molecule has 1 rings (SSSR count). The van der Waals surface area contributed by atoms with Crippen molar-refractivity contribution in [2.24, 2.45) is 16.7 Å². The van der Waals surface area contributed by atoms with E-state index in [0.717, 1.165) is 31.8 Å². The lowest BCUT2D eigenvalue weighted by Gasteiger charge is -2.41. The van der Waals surface area contributed by atoms with Crippen molar-refractivity contribution in [2.45, 2.75) is 60.3 Å². The fraction of sp³-hybridized carbons (Fsp3) is 0.938. The zero-order chi connectivity index (χ0) is 14.7. The van der Waals surface area contributed by atoms with Gasteiger partial charge in [-0.25, -0.2) is 0 Å². The van der Waals surface area contributed by atoms with Gasteiger partial charge in [0.1, 0.15) is 0 Å². The quantitative estimate of drug-likeness (QED) is 0.828. The molecule has 3 heteroatoms. The summed E-state index contributed by atoms with van der Waals surface area (Å²) >= 11 is 0. The fourth-order valence-electron chi connectivity index (χ4n) is 3.23. The van der Waals surface area contributed by atoms with Crippen LogP contribution in [0.5, 0.6) is 0 Å². The smallest absolute Gasteiger partial charge is 0.310 e. The predicted molar refractivity (Wildman–Crippen MR) is 79.3 cm³/mol. The van der Waals surface area contributed by atoms with Crippen molar-refractivity contribution < 1.29 is 9.90 Å². The molecule has 0 spiro atoms. The number of carbonyl (C=O) groups is 1. The number of hydrogen-bond acceptors (Lipinski definition) is 2. The lowest BCUT2D eigenvalue weighted by molar-refractivity contribution is -0.151. The summed E-state index contributed by atoms with van der Waals surface area (Å²) in [5, 5.41) is 9.51. The molecule has 0 atom stereocenters. The maximum absolute atomic E-state index is 11.6. The van der Waals surface area contributed by atoms with E-state index < -0.39 is 11.4 Å². The third kappa shape index (κ3) is 3.95. The van der Waals surface area contributed by atoms with Crippen LogP contribution in [0, 0.1) is 16.7 Å². The number of rotatable bonds is 5. The SMILES string of the molecule is CCC(CC)(CN1CCC(C(C)(C)C)CC1)C(=O)O. The molecule has 0 amide bonds. The molecule has 112 valence electrons. The molecule has 1 aliphatic rings. The van der Waals surface area contributed by atoms with Gasteiger partial charge in [0.2, 0.25) is 0 Å². The van der Waals surface area contributed by atoms with E-state index in [0.29, 0.717) is 12.0 Å². The third-order valence-corrected chi connectivity index (χ3v) is 5.15. The molecule has 0 radical (unpaired) electrons. The van der Waals surface area contributed by atoms with Crippen LogP contribution >= 0.6 is 0 Å². The number of aliphatic carboxylic acids is 1. The Morgan fingerprint density at radius 3 is 1.95 bits per heavy atom. The highest BCUT2D eigenvalue weighted by Gasteiger charge is 2.38. The van der Waals surface area contributed by atoms with Gasteiger partial charge in [-0.1, -0.05) is 34.6 Å². The number of nitrogens with zero attached hydrogens (tertiary/aromatic N) is 1. The molecule has 0 bridgehead atoms. The molecule has 0 aromatic heterocycles. The van der Waals surface area contributed by atoms with E-state index in [9.17, 15) is 9.90 Å². The van der Waals surface area contributed by atoms with Gasteiger partial charge in [-0.15, -0.1) is 0 Å². The highest BCUT2D eigenvalue weighted by molar-refractivity contribution is 5.74. The largest absolute Gasteiger partial charge is 0.481 e. The number of carboxylic acid groups (broad SMARTS) is 1. The summed E-state index contributed by atoms with van der Waals surface area (Å²) in [5.41, 5.74) is -0.167. The lowest BCUT2D eigenvalue weighted by Crippen LogP contribution is -2.46. The van der Waals surface area contributed by atoms with E-state index in [-0.39, 0.29) is 0 Å². The number of piperidine rings is 1. The third-order valence-electron chi connectivity index (χ3n) is 5.15. The van der Waals surface area contributed by atoms with Crippen LogP contribution in [0.25, 0.3) is 0 Å². The molecule has 3 nitrogen and oxygen atoms in total. The first-order valence-corrected chi connectivity index (χ1v) is 7.71. The zero-order valence-electron chi connectivity index (χ0n) is 13.3. The van der Waals surface area contributed by atoms with E-state index >= 15 is 0 Å². The first-order valence-electron chi connectivity index (χ1n) is 7.71. The van der Waals surface area contributed by atoms with Crippen LogP contribution < -0.4 is 0 Å². The molecule has 0 aromatic rings. The maximum atomic E-state index is 11.6. The van der Waals surface area contributed by atoms with Gasteiger partial charge < -0.3 is 10.0 Å². The molecule has 1 aliphatic heterocycles. The van der Waals surface area contributed by atoms with Crippen molar-refractivity contribution >= 4 is 5.97 Å². The van der Waals surface area contributed by atoms with Crippen molar-refractivity contribution in [1.82, 2.24) is 4.90 Å². The van der Waals surface area contributed by atoms with Gasteiger partial charge in [0.25, 0.3) is 0 Å². The second-order valence-corrected chi connectivity index (χ2v) is 7.21. The Labute approximate surface area is 118 Å². The molecule has 0 saturated carbocycles. The topological polar surface area (TPSA) is 40.5 Å². The molecule has 0 aromatic carbocycles. The molecular weight excluding hydrogens is 238 g/mol. The van der Waals surface area contributed by atoms with E-state index in [4.69, 9.17) is 0 Å². The van der Waals surface area contributed by atoms with Crippen LogP contribution in [0.3, 0.4) is 0 Å². The second kappa shape index (κ2) is 6.25. The van der Waals surface area contributed by atoms with Gasteiger partial charge >= 0.3 is 5.97 Å². The van der Waals surface area contributed by atoms with E-state index in [2.05, 4.69) is 25.7 Å². The van der Waals surface area contributed by atoms with Crippen LogP contribution in [0.1, 0.15) is 60.3 Å². The van der Waals surface area contributed by atoms with Gasteiger partial charge in [0.05, 0.1) is 5.41 Å². The van der Waals surface area contributed by atoms with E-state index in [1.807, 2.05) is 13.8 Å². The Bertz CT molecular complexity index is 294. The minimum Gasteiger partial charge on any atom is -0.481 e. The van der Waals surface area contributed by atoms with Crippen LogP contribution in [0.15, 0.2) is 0 Å². The second-order valence-electron chi connectivity index (χ2n) is 7.21. The van der Waals surface area contributed by atoms with Crippen LogP contribution in [0.2, 0.25) is 0 Å². The fourth-order valence-corrected chi connectivity index (χ4v) is 3.23. The Morgan fingerprint density at radius 2 is 1.63 bits per heavy atom. The van der Waals surface area contributed by atoms with Gasteiger partial charge in [-0.3, -0.25) is 4.79 Å². The number of likely N-dealkylation sites (tertiary alicyclic amines) is 1. The molecule has 1 N–H and O–H groups in total. The average Bonchev–Trinajstić information content (AvgIpc) is 2.35. The number of hydrogen-bond donors (Lipinski definition) is 1. The summed E-state index contributed by atoms with van der Waals surface area (Å²) in [6.07, 6.45) is 3.84. The minimum atomic E-state index is -0.629. The summed E-state index contributed by atoms with van der Waals surface area (Å²) in [6, 6.07) is 0. The first-order chi connectivity index (χ1) is 8.75. The molecule has 1 saturated heterocycles. The summed E-state index contributed by atoms with van der Waals surface area (Å²) in [7, 11) is 0. The van der Waals surface area contributed by atoms with Crippen molar-refractivity contribution in [3.05, 3.63) is 0 Å². The normalized spacial score (nSPS) is 19.6. The Morgan fingerprint density at radius 1 is 1.16 bits per heavy atom. The van der Waals surface area contributed by atoms with Crippen molar-refractivity contribution in [2.75, 3.05) is 19.6 Å². The minimum absolute atomic E-state index is 0.380. The van der Waals surface area contributed by atoms with Crippen LogP contribution in [-0.2, 0) is 4.79 Å². The van der Waals surface area contributed by atoms with E-state index in [1.165, 1.54) is 12.8 Å². The molecule has 1 fully saturated rings. The summed E-state index contributed by atoms with van der Waals surface area (Å²) in [6.45, 7) is 13.8. The standard InChI is InChI=1S/C16H31NO2/c1-6-16(7-2,14(18)19)12-17-10-8-13(9-11-17)15(3,4)5/h13H,6-12H2,1-5H3,(H,18,19). The van der Waals surface area contributed by atoms with Crippen molar-refractivity contribution in [3.63, 3.8) is 0 Å². The van der Waals surface area contributed by atoms with Crippen LogP contribution in [-0.4, -0.2) is 35.6 Å². The Balaban J connectivity index is 2.59. The van der Waals surface area contributed by atoms with E-state index in [1.54, 1.807) is 0 Å². The van der Waals surface area contributed by atoms with Gasteiger partial charge in [0, 0.05) is 6.54 Å². The summed E-state index contributed by atoms with van der Waals surface area (Å²) in [4.78, 5) is 13.9. The van der Waals surface area contributed by atoms with Gasteiger partial charge in [0.15, 0.2) is 0 Å². The molecule has 0 aliphatic carbocycles. The number of carboxylic acids is 1. The monoisotopic (exact) mass is 269 g/mol. The molecule has 19 heavy (non-hydrogen) atoms. The zero-order valence-corrected chi connectivity index (χ0v) is 13.3. The molecule has 1 heterocycles. The van der Waals surface area contributed by atoms with Gasteiger partial charge in [-0.2, -0.15) is 0 Å². The molecule has 0 unspecified atom stereocenters. The highest BCUT2D eigenvalue weighted by atomic mass is 16.4. The van der Waals surface area contributed by atoms with Crippen LogP contribution in [0.4, 0.5) is 0 Å². The Kier molecular flexibility index (Phi) is 5.43. The molecular formula is C16H31NO2. The maximum Gasteiger partial charge on any atom is 0.310 e. The summed E-state index contributed by atoms with van der Waals surface area (Å²) in [5.74, 6) is 0.140. The lowest BCUT2D eigenvalue weighted by atomic mass is 9.74.